The van der Waals surface area contributed by atoms with E-state index in [0.29, 0.717) is 21.4 Å². The average Bonchev–Trinajstić information content (AvgIpc) is 3.02. The first-order valence-electron chi connectivity index (χ1n) is 9.67. The van der Waals surface area contributed by atoms with E-state index in [1.807, 2.05) is 37.3 Å². The second kappa shape index (κ2) is 11.7. The van der Waals surface area contributed by atoms with Gasteiger partial charge in [-0.15, -0.1) is 11.3 Å². The lowest BCUT2D eigenvalue weighted by atomic mass is 10.0. The maximum Gasteiger partial charge on any atom is 0.341 e. The summed E-state index contributed by atoms with van der Waals surface area (Å²) in [6.07, 6.45) is 0.843. The number of thiophene rings is 1. The first kappa shape index (κ1) is 23.9. The molecule has 1 aromatic heterocycles. The summed E-state index contributed by atoms with van der Waals surface area (Å²) in [5.74, 6) is -1.06. The highest BCUT2D eigenvalue weighted by atomic mass is 35.5. The zero-order valence-electron chi connectivity index (χ0n) is 17.3. The van der Waals surface area contributed by atoms with Crippen LogP contribution in [0.5, 0.6) is 0 Å². The molecule has 162 valence electrons. The van der Waals surface area contributed by atoms with Gasteiger partial charge in [0.05, 0.1) is 19.7 Å². The molecule has 0 spiro atoms. The maximum absolute atomic E-state index is 12.6. The van der Waals surface area contributed by atoms with Crippen molar-refractivity contribution in [2.75, 3.05) is 38.6 Å². The summed E-state index contributed by atoms with van der Waals surface area (Å²) in [5.41, 5.74) is 1.52. The Morgan fingerprint density at radius 1 is 1.10 bits per heavy atom. The Bertz CT molecular complexity index is 886. The van der Waals surface area contributed by atoms with Gasteiger partial charge in [0, 0.05) is 12.1 Å². The van der Waals surface area contributed by atoms with E-state index in [1.165, 1.54) is 0 Å². The van der Waals surface area contributed by atoms with E-state index in [9.17, 15) is 14.4 Å². The molecule has 2 aromatic rings. The van der Waals surface area contributed by atoms with Crippen molar-refractivity contribution in [2.24, 2.45) is 0 Å². The topological polar surface area (TPSA) is 87.7 Å². The molecule has 7 nitrogen and oxygen atoms in total. The van der Waals surface area contributed by atoms with Gasteiger partial charge in [-0.05, 0) is 26.0 Å². The SMILES string of the molecule is CCCNC(=O)CN(C)CC(=O)Nc1sc(Cl)c(-c2ccccc2)c1C(=O)OCC. The number of amides is 2. The predicted octanol–water partition coefficient (Wildman–Crippen LogP) is 3.64. The Hall–Kier alpha value is -2.42. The molecule has 2 N–H and O–H groups in total. The van der Waals surface area contributed by atoms with E-state index in [0.717, 1.165) is 23.3 Å². The highest BCUT2D eigenvalue weighted by Gasteiger charge is 2.26. The number of nitrogens with one attached hydrogen (secondary N) is 2. The van der Waals surface area contributed by atoms with Crippen molar-refractivity contribution in [3.05, 3.63) is 40.2 Å². The van der Waals surface area contributed by atoms with Gasteiger partial charge in [0.25, 0.3) is 0 Å². The molecule has 1 heterocycles. The number of ether oxygens (including phenoxy) is 1. The van der Waals surface area contributed by atoms with Crippen LogP contribution in [-0.4, -0.2) is 56.0 Å². The molecule has 30 heavy (non-hydrogen) atoms. The number of anilines is 1. The summed E-state index contributed by atoms with van der Waals surface area (Å²) in [4.78, 5) is 38.6. The third-order valence-electron chi connectivity index (χ3n) is 4.06. The number of hydrogen-bond acceptors (Lipinski definition) is 6. The quantitative estimate of drug-likeness (QED) is 0.538. The fourth-order valence-corrected chi connectivity index (χ4v) is 4.17. The van der Waals surface area contributed by atoms with E-state index in [1.54, 1.807) is 18.9 Å². The highest BCUT2D eigenvalue weighted by Crippen LogP contribution is 2.43. The van der Waals surface area contributed by atoms with Gasteiger partial charge in [0.1, 0.15) is 14.9 Å². The van der Waals surface area contributed by atoms with Gasteiger partial charge in [-0.3, -0.25) is 14.5 Å². The van der Waals surface area contributed by atoms with Crippen LogP contribution in [0.15, 0.2) is 30.3 Å². The van der Waals surface area contributed by atoms with Gasteiger partial charge in [-0.1, -0.05) is 48.9 Å². The van der Waals surface area contributed by atoms with Gasteiger partial charge < -0.3 is 15.4 Å². The van der Waals surface area contributed by atoms with Gasteiger partial charge in [-0.25, -0.2) is 4.79 Å². The van der Waals surface area contributed by atoms with E-state index >= 15 is 0 Å². The van der Waals surface area contributed by atoms with Crippen molar-refractivity contribution < 1.29 is 19.1 Å². The number of benzene rings is 1. The number of hydrogen-bond donors (Lipinski definition) is 2. The van der Waals surface area contributed by atoms with Crippen LogP contribution in [0.4, 0.5) is 5.00 Å². The lowest BCUT2D eigenvalue weighted by molar-refractivity contribution is -0.122. The molecule has 2 rings (SSSR count). The number of halogens is 1. The largest absolute Gasteiger partial charge is 0.462 e. The molecule has 0 aliphatic carbocycles. The average molecular weight is 452 g/mol. The van der Waals surface area contributed by atoms with Crippen LogP contribution in [-0.2, 0) is 14.3 Å². The smallest absolute Gasteiger partial charge is 0.341 e. The van der Waals surface area contributed by atoms with Crippen LogP contribution in [0.25, 0.3) is 11.1 Å². The van der Waals surface area contributed by atoms with Crippen molar-refractivity contribution in [3.8, 4) is 11.1 Å². The van der Waals surface area contributed by atoms with E-state index in [2.05, 4.69) is 10.6 Å². The minimum atomic E-state index is -0.554. The van der Waals surface area contributed by atoms with E-state index in [4.69, 9.17) is 16.3 Å². The Morgan fingerprint density at radius 2 is 1.77 bits per heavy atom. The normalized spacial score (nSPS) is 10.7. The molecule has 0 aliphatic rings. The fraction of sp³-hybridized carbons (Fsp3) is 0.381. The summed E-state index contributed by atoms with van der Waals surface area (Å²) in [6.45, 7) is 4.55. The summed E-state index contributed by atoms with van der Waals surface area (Å²) in [6, 6.07) is 9.23. The Kier molecular flexibility index (Phi) is 9.29. The maximum atomic E-state index is 12.6. The lowest BCUT2D eigenvalue weighted by Gasteiger charge is -2.16. The Labute approximate surface area is 185 Å². The number of nitrogens with zero attached hydrogens (tertiary/aromatic N) is 1. The van der Waals surface area contributed by atoms with Crippen molar-refractivity contribution in [2.45, 2.75) is 20.3 Å². The minimum Gasteiger partial charge on any atom is -0.462 e. The van der Waals surface area contributed by atoms with Crippen molar-refractivity contribution in [1.82, 2.24) is 10.2 Å². The van der Waals surface area contributed by atoms with Crippen LogP contribution in [0.3, 0.4) is 0 Å². The number of carbonyl (C=O) groups is 3. The molecule has 0 aliphatic heterocycles. The Morgan fingerprint density at radius 3 is 2.40 bits per heavy atom. The number of likely N-dealkylation sites (N-methyl/N-ethyl adjacent to an activating group) is 1. The van der Waals surface area contributed by atoms with Gasteiger partial charge >= 0.3 is 5.97 Å². The molecule has 0 bridgehead atoms. The van der Waals surface area contributed by atoms with Crippen LogP contribution in [0, 0.1) is 0 Å². The van der Waals surface area contributed by atoms with Crippen LogP contribution < -0.4 is 10.6 Å². The number of esters is 1. The zero-order chi connectivity index (χ0) is 22.1. The van der Waals surface area contributed by atoms with Gasteiger partial charge in [0.15, 0.2) is 0 Å². The molecule has 1 aromatic carbocycles. The number of carbonyl (C=O) groups excluding carboxylic acids is 3. The third-order valence-corrected chi connectivity index (χ3v) is 5.37. The molecule has 0 saturated carbocycles. The van der Waals surface area contributed by atoms with Crippen LogP contribution >= 0.6 is 22.9 Å². The molecule has 0 atom stereocenters. The van der Waals surface area contributed by atoms with Crippen molar-refractivity contribution >= 4 is 45.7 Å². The molecule has 0 unspecified atom stereocenters. The second-order valence-electron chi connectivity index (χ2n) is 6.61. The van der Waals surface area contributed by atoms with Crippen molar-refractivity contribution in [3.63, 3.8) is 0 Å². The molecule has 0 fully saturated rings. The summed E-state index contributed by atoms with van der Waals surface area (Å²) in [5, 5.41) is 5.84. The lowest BCUT2D eigenvalue weighted by Crippen LogP contribution is -2.39. The Balaban J connectivity index is 2.19. The zero-order valence-corrected chi connectivity index (χ0v) is 18.9. The predicted molar refractivity (Wildman–Crippen MR) is 120 cm³/mol. The molecular formula is C21H26ClN3O4S. The minimum absolute atomic E-state index is 0.0159. The fourth-order valence-electron chi connectivity index (χ4n) is 2.78. The summed E-state index contributed by atoms with van der Waals surface area (Å²) < 4.78 is 5.57. The molecular weight excluding hydrogens is 426 g/mol. The first-order valence-corrected chi connectivity index (χ1v) is 10.9. The van der Waals surface area contributed by atoms with E-state index < -0.39 is 5.97 Å². The second-order valence-corrected chi connectivity index (χ2v) is 8.23. The molecule has 0 saturated heterocycles. The molecule has 0 radical (unpaired) electrons. The monoisotopic (exact) mass is 451 g/mol. The summed E-state index contributed by atoms with van der Waals surface area (Å²) >= 11 is 7.54. The first-order chi connectivity index (χ1) is 14.4. The summed E-state index contributed by atoms with van der Waals surface area (Å²) in [7, 11) is 1.67. The van der Waals surface area contributed by atoms with Crippen molar-refractivity contribution in [1.29, 1.82) is 0 Å². The van der Waals surface area contributed by atoms with E-state index in [-0.39, 0.29) is 37.1 Å². The molecule has 2 amide bonds. The van der Waals surface area contributed by atoms with Crippen LogP contribution in [0.2, 0.25) is 4.34 Å². The highest BCUT2D eigenvalue weighted by molar-refractivity contribution is 7.21. The number of rotatable bonds is 10. The third kappa shape index (κ3) is 6.55. The molecule has 9 heteroatoms. The van der Waals surface area contributed by atoms with Gasteiger partial charge in [0.2, 0.25) is 11.8 Å². The van der Waals surface area contributed by atoms with Crippen LogP contribution in [0.1, 0.15) is 30.6 Å². The standard InChI is InChI=1S/C21H26ClN3O4S/c1-4-11-23-15(26)12-25(3)13-16(27)24-20-18(21(28)29-5-2)17(19(22)30-20)14-9-7-6-8-10-14/h6-10H,4-5,11-13H2,1-3H3,(H,23,26)(H,24,27). The van der Waals surface area contributed by atoms with Gasteiger partial charge in [-0.2, -0.15) is 0 Å².